The Hall–Kier alpha value is -3.26. The van der Waals surface area contributed by atoms with Crippen LogP contribution in [-0.4, -0.2) is 91.5 Å². The maximum absolute atomic E-state index is 6.08. The van der Waals surface area contributed by atoms with E-state index in [1.807, 2.05) is 0 Å². The largest absolute Gasteiger partial charge is 0.467 e. The Kier molecular flexibility index (Phi) is 10.7. The summed E-state index contributed by atoms with van der Waals surface area (Å²) in [5.74, 6) is 1.48. The van der Waals surface area contributed by atoms with Gasteiger partial charge in [-0.3, -0.25) is 0 Å². The summed E-state index contributed by atoms with van der Waals surface area (Å²) in [6, 6.07) is 0.952. The van der Waals surface area contributed by atoms with Crippen molar-refractivity contribution in [2.45, 2.75) is 141 Å². The van der Waals surface area contributed by atoms with Gasteiger partial charge in [-0.15, -0.1) is 0 Å². The SMILES string of the molecule is COc1nc(N)nc(N(CCCCCCN(c2nc(N)nc(OC)n2)C2CC(C)(C)NC(C)(C)C2)C2CC(C)(C)NC(C)(C)C2)n1. The van der Waals surface area contributed by atoms with Gasteiger partial charge in [0.1, 0.15) is 0 Å². The van der Waals surface area contributed by atoms with Crippen LogP contribution >= 0.6 is 0 Å². The topological polar surface area (TPSA) is 178 Å². The third-order valence-corrected chi connectivity index (χ3v) is 8.89. The molecule has 0 aliphatic carbocycles. The Labute approximate surface area is 275 Å². The molecule has 0 unspecified atom stereocenters. The van der Waals surface area contributed by atoms with Gasteiger partial charge < -0.3 is 41.4 Å². The van der Waals surface area contributed by atoms with E-state index in [0.29, 0.717) is 11.9 Å². The number of hydrogen-bond acceptors (Lipinski definition) is 14. The Morgan fingerprint density at radius 1 is 0.565 bits per heavy atom. The van der Waals surface area contributed by atoms with Gasteiger partial charge in [-0.2, -0.15) is 29.9 Å². The molecule has 0 spiro atoms. The number of rotatable bonds is 13. The Bertz CT molecular complexity index is 1190. The van der Waals surface area contributed by atoms with E-state index in [2.05, 4.69) is 106 Å². The fraction of sp³-hybridized carbons (Fsp3) is 0.812. The molecule has 2 aliphatic heterocycles. The first-order valence-electron chi connectivity index (χ1n) is 16.6. The third kappa shape index (κ3) is 9.63. The van der Waals surface area contributed by atoms with Crippen LogP contribution in [0.5, 0.6) is 12.0 Å². The molecule has 6 N–H and O–H groups in total. The molecule has 14 nitrogen and oxygen atoms in total. The van der Waals surface area contributed by atoms with Crippen LogP contribution in [0.25, 0.3) is 0 Å². The standard InChI is InChI=1S/C32H58N12O2/c1-29(2)17-21(18-30(3,4)41-29)43(25-35-23(33)37-27(39-25)45-9)15-13-11-12-14-16-44(26-36-24(34)38-28(40-26)46-10)22-19-31(5,6)42-32(7,8)20-22/h21-22,41-42H,11-20H2,1-10H3,(H2,33,35,37,39)(H2,34,36,38,40). The number of aromatic nitrogens is 6. The molecular weight excluding hydrogens is 584 g/mol. The second-order valence-corrected chi connectivity index (χ2v) is 15.7. The van der Waals surface area contributed by atoms with E-state index in [-0.39, 0.29) is 58.2 Å². The third-order valence-electron chi connectivity index (χ3n) is 8.89. The molecule has 2 aliphatic rings. The number of nitrogens with one attached hydrogen (secondary N) is 2. The van der Waals surface area contributed by atoms with Crippen LogP contribution in [0.15, 0.2) is 0 Å². The first-order valence-corrected chi connectivity index (χ1v) is 16.6. The molecule has 46 heavy (non-hydrogen) atoms. The highest BCUT2D eigenvalue weighted by Gasteiger charge is 2.42. The summed E-state index contributed by atoms with van der Waals surface area (Å²) in [4.78, 5) is 31.2. The molecular formula is C32H58N12O2. The molecule has 0 bridgehead atoms. The summed E-state index contributed by atoms with van der Waals surface area (Å²) in [6.45, 7) is 19.7. The fourth-order valence-electron chi connectivity index (χ4n) is 7.95. The lowest BCUT2D eigenvalue weighted by molar-refractivity contribution is 0.156. The maximum Gasteiger partial charge on any atom is 0.322 e. The van der Waals surface area contributed by atoms with E-state index in [0.717, 1.165) is 64.5 Å². The number of hydrogen-bond donors (Lipinski definition) is 4. The Morgan fingerprint density at radius 2 is 0.891 bits per heavy atom. The number of nitrogens with two attached hydrogens (primary N) is 2. The van der Waals surface area contributed by atoms with Crippen molar-refractivity contribution >= 4 is 23.8 Å². The van der Waals surface area contributed by atoms with Gasteiger partial charge >= 0.3 is 12.0 Å². The summed E-state index contributed by atoms with van der Waals surface area (Å²) in [5.41, 5.74) is 12.0. The van der Waals surface area contributed by atoms with E-state index in [1.165, 1.54) is 0 Å². The first kappa shape index (κ1) is 35.6. The van der Waals surface area contributed by atoms with Crippen LogP contribution in [0.4, 0.5) is 23.8 Å². The Morgan fingerprint density at radius 3 is 1.20 bits per heavy atom. The number of unbranched alkanes of at least 4 members (excludes halogenated alkanes) is 3. The van der Waals surface area contributed by atoms with Crippen molar-refractivity contribution in [1.82, 2.24) is 40.5 Å². The molecule has 0 saturated carbocycles. The first-order chi connectivity index (χ1) is 21.4. The molecule has 4 heterocycles. The predicted octanol–water partition coefficient (Wildman–Crippen LogP) is 3.73. The average molecular weight is 643 g/mol. The van der Waals surface area contributed by atoms with Gasteiger partial charge in [-0.1, -0.05) is 12.8 Å². The van der Waals surface area contributed by atoms with Gasteiger partial charge in [0, 0.05) is 47.3 Å². The second kappa shape index (κ2) is 13.8. The molecule has 0 amide bonds. The van der Waals surface area contributed by atoms with Crippen molar-refractivity contribution in [2.75, 3.05) is 48.6 Å². The van der Waals surface area contributed by atoms with Crippen molar-refractivity contribution < 1.29 is 9.47 Å². The summed E-state index contributed by atoms with van der Waals surface area (Å²) in [5, 5.41) is 7.58. The van der Waals surface area contributed by atoms with Crippen LogP contribution in [0.3, 0.4) is 0 Å². The number of anilines is 4. The van der Waals surface area contributed by atoms with E-state index < -0.39 is 0 Å². The van der Waals surface area contributed by atoms with Gasteiger partial charge in [0.05, 0.1) is 14.2 Å². The minimum atomic E-state index is -0.0321. The molecule has 4 rings (SSSR count). The van der Waals surface area contributed by atoms with E-state index in [1.54, 1.807) is 14.2 Å². The number of piperidine rings is 2. The Balaban J connectivity index is 1.46. The summed E-state index contributed by atoms with van der Waals surface area (Å²) in [6.07, 6.45) is 7.90. The summed E-state index contributed by atoms with van der Waals surface area (Å²) in [7, 11) is 3.10. The van der Waals surface area contributed by atoms with Gasteiger partial charge in [-0.05, 0) is 93.9 Å². The van der Waals surface area contributed by atoms with Crippen molar-refractivity contribution in [3.63, 3.8) is 0 Å². The molecule has 0 aromatic carbocycles. The maximum atomic E-state index is 6.08. The zero-order valence-corrected chi connectivity index (χ0v) is 29.8. The monoisotopic (exact) mass is 642 g/mol. The van der Waals surface area contributed by atoms with Gasteiger partial charge in [0.15, 0.2) is 0 Å². The highest BCUT2D eigenvalue weighted by Crippen LogP contribution is 2.35. The van der Waals surface area contributed by atoms with Crippen LogP contribution in [0.2, 0.25) is 0 Å². The number of nitrogen functional groups attached to an aromatic ring is 2. The lowest BCUT2D eigenvalue weighted by Gasteiger charge is -2.49. The highest BCUT2D eigenvalue weighted by atomic mass is 16.5. The van der Waals surface area contributed by atoms with Crippen LogP contribution < -0.4 is 41.4 Å². The number of methoxy groups -OCH3 is 2. The van der Waals surface area contributed by atoms with Crippen molar-refractivity contribution in [1.29, 1.82) is 0 Å². The lowest BCUT2D eigenvalue weighted by atomic mass is 9.79. The zero-order chi connectivity index (χ0) is 33.9. The molecule has 14 heteroatoms. The predicted molar refractivity (Wildman–Crippen MR) is 183 cm³/mol. The molecule has 2 saturated heterocycles. The highest BCUT2D eigenvalue weighted by molar-refractivity contribution is 5.39. The van der Waals surface area contributed by atoms with Crippen LogP contribution in [0, 0.1) is 0 Å². The molecule has 258 valence electrons. The van der Waals surface area contributed by atoms with Crippen molar-refractivity contribution in [3.8, 4) is 12.0 Å². The fourth-order valence-corrected chi connectivity index (χ4v) is 7.95. The van der Waals surface area contributed by atoms with Gasteiger partial charge in [0.2, 0.25) is 23.8 Å². The quantitative estimate of drug-likeness (QED) is 0.232. The van der Waals surface area contributed by atoms with Crippen LogP contribution in [-0.2, 0) is 0 Å². The van der Waals surface area contributed by atoms with Crippen molar-refractivity contribution in [3.05, 3.63) is 0 Å². The normalized spacial score (nSPS) is 20.7. The molecule has 2 aromatic heterocycles. The second-order valence-electron chi connectivity index (χ2n) is 15.7. The lowest BCUT2D eigenvalue weighted by Crippen LogP contribution is -2.62. The van der Waals surface area contributed by atoms with Crippen LogP contribution in [0.1, 0.15) is 107 Å². The molecule has 2 fully saturated rings. The number of nitrogens with zero attached hydrogens (tertiary/aromatic N) is 8. The molecule has 2 aromatic rings. The van der Waals surface area contributed by atoms with E-state index >= 15 is 0 Å². The van der Waals surface area contributed by atoms with E-state index in [4.69, 9.17) is 20.9 Å². The molecule has 0 atom stereocenters. The van der Waals surface area contributed by atoms with E-state index in [9.17, 15) is 0 Å². The zero-order valence-electron chi connectivity index (χ0n) is 29.8. The van der Waals surface area contributed by atoms with Gasteiger partial charge in [0.25, 0.3) is 0 Å². The summed E-state index contributed by atoms with van der Waals surface area (Å²) >= 11 is 0. The average Bonchev–Trinajstić information content (AvgIpc) is 2.90. The smallest absolute Gasteiger partial charge is 0.322 e. The minimum Gasteiger partial charge on any atom is -0.467 e. The minimum absolute atomic E-state index is 0.0321. The summed E-state index contributed by atoms with van der Waals surface area (Å²) < 4.78 is 10.7. The van der Waals surface area contributed by atoms with Gasteiger partial charge in [-0.25, -0.2) is 0 Å². The van der Waals surface area contributed by atoms with Crippen molar-refractivity contribution in [2.24, 2.45) is 0 Å². The number of ether oxygens (including phenoxy) is 2. The molecule has 0 radical (unpaired) electrons.